The number of hydrogen-bond donors (Lipinski definition) is 0. The zero-order valence-electron chi connectivity index (χ0n) is 8.90. The molecular formula is C12H14INO. The molecule has 15 heavy (non-hydrogen) atoms. The Morgan fingerprint density at radius 3 is 2.87 bits per heavy atom. The lowest BCUT2D eigenvalue weighted by molar-refractivity contribution is 0.292. The highest BCUT2D eigenvalue weighted by molar-refractivity contribution is 14.1. The van der Waals surface area contributed by atoms with Crippen molar-refractivity contribution in [1.82, 2.24) is 0 Å². The summed E-state index contributed by atoms with van der Waals surface area (Å²) in [7, 11) is 0. The van der Waals surface area contributed by atoms with E-state index in [1.54, 1.807) is 0 Å². The summed E-state index contributed by atoms with van der Waals surface area (Å²) in [4.78, 5) is 4.59. The summed E-state index contributed by atoms with van der Waals surface area (Å²) in [5.74, 6) is 1.34. The molecule has 0 saturated heterocycles. The van der Waals surface area contributed by atoms with Crippen molar-refractivity contribution >= 4 is 28.5 Å². The molecule has 1 aromatic carbocycles. The maximum absolute atomic E-state index is 5.61. The van der Waals surface area contributed by atoms with Crippen LogP contribution in [0.4, 0.5) is 0 Å². The second-order valence-corrected chi connectivity index (χ2v) is 5.31. The molecule has 0 spiro atoms. The van der Waals surface area contributed by atoms with Gasteiger partial charge in [0.2, 0.25) is 5.90 Å². The molecule has 1 aromatic rings. The van der Waals surface area contributed by atoms with Crippen LogP contribution in [0.1, 0.15) is 19.4 Å². The van der Waals surface area contributed by atoms with Gasteiger partial charge in [0.1, 0.15) is 6.61 Å². The fourth-order valence-corrected chi connectivity index (χ4v) is 2.05. The van der Waals surface area contributed by atoms with Crippen LogP contribution in [0, 0.1) is 9.49 Å². The van der Waals surface area contributed by atoms with Gasteiger partial charge in [-0.15, -0.1) is 0 Å². The van der Waals surface area contributed by atoms with Crippen molar-refractivity contribution in [2.45, 2.75) is 19.9 Å². The van der Waals surface area contributed by atoms with Gasteiger partial charge in [-0.1, -0.05) is 19.9 Å². The van der Waals surface area contributed by atoms with Crippen LogP contribution in [0.2, 0.25) is 0 Å². The van der Waals surface area contributed by atoms with Gasteiger partial charge < -0.3 is 4.74 Å². The van der Waals surface area contributed by atoms with Crippen LogP contribution in [0.15, 0.2) is 29.3 Å². The number of benzene rings is 1. The lowest BCUT2D eigenvalue weighted by Crippen LogP contribution is -2.13. The average Bonchev–Trinajstić information content (AvgIpc) is 2.66. The highest BCUT2D eigenvalue weighted by atomic mass is 127. The van der Waals surface area contributed by atoms with Crippen molar-refractivity contribution in [3.8, 4) is 0 Å². The average molecular weight is 315 g/mol. The third kappa shape index (κ3) is 2.51. The van der Waals surface area contributed by atoms with Crippen LogP contribution in [-0.4, -0.2) is 18.5 Å². The molecule has 0 aromatic heterocycles. The van der Waals surface area contributed by atoms with Gasteiger partial charge in [0.15, 0.2) is 0 Å². The van der Waals surface area contributed by atoms with Gasteiger partial charge in [0, 0.05) is 9.13 Å². The Hall–Kier alpha value is -0.580. The highest BCUT2D eigenvalue weighted by Gasteiger charge is 2.22. The van der Waals surface area contributed by atoms with Gasteiger partial charge >= 0.3 is 0 Å². The van der Waals surface area contributed by atoms with Crippen molar-refractivity contribution in [3.05, 3.63) is 33.4 Å². The minimum Gasteiger partial charge on any atom is -0.475 e. The van der Waals surface area contributed by atoms with E-state index in [2.05, 4.69) is 53.6 Å². The summed E-state index contributed by atoms with van der Waals surface area (Å²) < 4.78 is 6.83. The monoisotopic (exact) mass is 315 g/mol. The summed E-state index contributed by atoms with van der Waals surface area (Å²) in [6.45, 7) is 5.07. The van der Waals surface area contributed by atoms with Crippen molar-refractivity contribution in [3.63, 3.8) is 0 Å². The van der Waals surface area contributed by atoms with Gasteiger partial charge in [-0.2, -0.15) is 0 Å². The quantitative estimate of drug-likeness (QED) is 0.769. The Labute approximate surface area is 104 Å². The molecule has 0 N–H and O–H groups in total. The molecule has 3 heteroatoms. The summed E-state index contributed by atoms with van der Waals surface area (Å²) >= 11 is 2.30. The molecule has 1 aliphatic heterocycles. The van der Waals surface area contributed by atoms with Crippen LogP contribution in [0.3, 0.4) is 0 Å². The molecule has 0 saturated carbocycles. The number of halogens is 1. The fraction of sp³-hybridized carbons (Fsp3) is 0.417. The topological polar surface area (TPSA) is 21.6 Å². The van der Waals surface area contributed by atoms with Crippen LogP contribution in [-0.2, 0) is 4.74 Å². The highest BCUT2D eigenvalue weighted by Crippen LogP contribution is 2.18. The number of nitrogens with zero attached hydrogens (tertiary/aromatic N) is 1. The lowest BCUT2D eigenvalue weighted by Gasteiger charge is -2.06. The molecule has 1 atom stereocenters. The van der Waals surface area contributed by atoms with Gasteiger partial charge in [0.25, 0.3) is 0 Å². The molecule has 1 aliphatic rings. The maximum Gasteiger partial charge on any atom is 0.216 e. The zero-order chi connectivity index (χ0) is 10.8. The Morgan fingerprint density at radius 1 is 1.47 bits per heavy atom. The van der Waals surface area contributed by atoms with Gasteiger partial charge in [-0.05, 0) is 46.7 Å². The lowest BCUT2D eigenvalue weighted by atomic mass is 10.1. The molecule has 80 valence electrons. The van der Waals surface area contributed by atoms with E-state index in [1.165, 1.54) is 3.57 Å². The standard InChI is InChI=1S/C12H14INO/c1-8(2)11-7-15-12(14-11)9-4-3-5-10(13)6-9/h3-6,8,11H,7H2,1-2H3. The number of aliphatic imine (C=N–C) groups is 1. The molecular weight excluding hydrogens is 301 g/mol. The van der Waals surface area contributed by atoms with Crippen molar-refractivity contribution < 1.29 is 4.74 Å². The molecule has 0 radical (unpaired) electrons. The first-order chi connectivity index (χ1) is 7.16. The number of rotatable bonds is 2. The van der Waals surface area contributed by atoms with Crippen LogP contribution in [0.5, 0.6) is 0 Å². The number of hydrogen-bond acceptors (Lipinski definition) is 2. The number of ether oxygens (including phenoxy) is 1. The molecule has 0 fully saturated rings. The largest absolute Gasteiger partial charge is 0.475 e. The molecule has 1 unspecified atom stereocenters. The summed E-state index contributed by atoms with van der Waals surface area (Å²) in [6.07, 6.45) is 0. The maximum atomic E-state index is 5.61. The predicted octanol–water partition coefficient (Wildman–Crippen LogP) is 3.09. The first-order valence-electron chi connectivity index (χ1n) is 5.13. The molecule has 1 heterocycles. The summed E-state index contributed by atoms with van der Waals surface area (Å²) in [5, 5.41) is 0. The Bertz CT molecular complexity index is 387. The zero-order valence-corrected chi connectivity index (χ0v) is 11.1. The van der Waals surface area contributed by atoms with E-state index >= 15 is 0 Å². The molecule has 0 aliphatic carbocycles. The van der Waals surface area contributed by atoms with Crippen molar-refractivity contribution in [2.75, 3.05) is 6.61 Å². The van der Waals surface area contributed by atoms with Crippen molar-refractivity contribution in [1.29, 1.82) is 0 Å². The minimum absolute atomic E-state index is 0.317. The molecule has 2 nitrogen and oxygen atoms in total. The van der Waals surface area contributed by atoms with E-state index in [9.17, 15) is 0 Å². The van der Waals surface area contributed by atoms with E-state index in [0.29, 0.717) is 12.0 Å². The Kier molecular flexibility index (Phi) is 3.29. The van der Waals surface area contributed by atoms with Crippen LogP contribution >= 0.6 is 22.6 Å². The van der Waals surface area contributed by atoms with E-state index < -0.39 is 0 Å². The summed E-state index contributed by atoms with van der Waals surface area (Å²) in [6, 6.07) is 8.56. The van der Waals surface area contributed by atoms with E-state index in [1.807, 2.05) is 12.1 Å². The summed E-state index contributed by atoms with van der Waals surface area (Å²) in [5.41, 5.74) is 1.09. The van der Waals surface area contributed by atoms with E-state index in [0.717, 1.165) is 18.1 Å². The van der Waals surface area contributed by atoms with Gasteiger partial charge in [-0.3, -0.25) is 0 Å². The van der Waals surface area contributed by atoms with Gasteiger partial charge in [-0.25, -0.2) is 4.99 Å². The predicted molar refractivity (Wildman–Crippen MR) is 70.3 cm³/mol. The molecule has 0 amide bonds. The van der Waals surface area contributed by atoms with Crippen molar-refractivity contribution in [2.24, 2.45) is 10.9 Å². The SMILES string of the molecule is CC(C)C1COC(c2cccc(I)c2)=N1. The Balaban J connectivity index is 2.22. The third-order valence-corrected chi connectivity index (χ3v) is 3.19. The molecule has 0 bridgehead atoms. The second-order valence-electron chi connectivity index (χ2n) is 4.07. The molecule has 2 rings (SSSR count). The normalized spacial score (nSPS) is 20.3. The fourth-order valence-electron chi connectivity index (χ4n) is 1.51. The first-order valence-corrected chi connectivity index (χ1v) is 6.21. The minimum atomic E-state index is 0.317. The van der Waals surface area contributed by atoms with Gasteiger partial charge in [0.05, 0.1) is 6.04 Å². The van der Waals surface area contributed by atoms with Crippen LogP contribution < -0.4 is 0 Å². The van der Waals surface area contributed by atoms with Crippen LogP contribution in [0.25, 0.3) is 0 Å². The third-order valence-electron chi connectivity index (χ3n) is 2.52. The van der Waals surface area contributed by atoms with E-state index in [4.69, 9.17) is 4.74 Å². The first kappa shape index (κ1) is 10.9. The second kappa shape index (κ2) is 4.51. The van der Waals surface area contributed by atoms with E-state index in [-0.39, 0.29) is 0 Å². The Morgan fingerprint density at radius 2 is 2.27 bits per heavy atom. The smallest absolute Gasteiger partial charge is 0.216 e.